The highest BCUT2D eigenvalue weighted by molar-refractivity contribution is 9.10. The molecule has 3 aromatic rings. The first-order valence-corrected chi connectivity index (χ1v) is 9.78. The molecule has 126 valence electrons. The molecule has 0 saturated carbocycles. The number of halogens is 2. The van der Waals surface area contributed by atoms with Gasteiger partial charge in [0.15, 0.2) is 5.60 Å². The van der Waals surface area contributed by atoms with Gasteiger partial charge in [0.25, 0.3) is 0 Å². The van der Waals surface area contributed by atoms with Gasteiger partial charge in [-0.25, -0.2) is 0 Å². The Morgan fingerprint density at radius 2 is 1.36 bits per heavy atom. The summed E-state index contributed by atoms with van der Waals surface area (Å²) in [6.07, 6.45) is 0. The molecule has 0 radical (unpaired) electrons. The van der Waals surface area contributed by atoms with Gasteiger partial charge in [0.2, 0.25) is 0 Å². The summed E-state index contributed by atoms with van der Waals surface area (Å²) in [6, 6.07) is 18.7. The highest BCUT2D eigenvalue weighted by atomic mass is 79.9. The largest absolute Gasteiger partial charge is 0.507 e. The van der Waals surface area contributed by atoms with E-state index >= 15 is 0 Å². The summed E-state index contributed by atoms with van der Waals surface area (Å²) in [5, 5.41) is 19.8. The zero-order valence-corrected chi connectivity index (χ0v) is 16.7. The van der Waals surface area contributed by atoms with E-state index in [1.54, 1.807) is 12.1 Å². The molecular formula is C19H12Br2O3S. The highest BCUT2D eigenvalue weighted by Crippen LogP contribution is 2.54. The summed E-state index contributed by atoms with van der Waals surface area (Å²) in [5.41, 5.74) is 1.95. The maximum Gasteiger partial charge on any atom is 0.160 e. The molecule has 3 aromatic carbocycles. The topological polar surface area (TPSA) is 49.7 Å². The summed E-state index contributed by atoms with van der Waals surface area (Å²) < 4.78 is 7.48. The summed E-state index contributed by atoms with van der Waals surface area (Å²) >= 11 is 8.12. The first-order chi connectivity index (χ1) is 12.0. The van der Waals surface area contributed by atoms with Gasteiger partial charge in [0.1, 0.15) is 11.5 Å². The average Bonchev–Trinajstić information content (AvgIpc) is 3.00. The third kappa shape index (κ3) is 2.68. The molecule has 1 heterocycles. The second-order valence-corrected chi connectivity index (χ2v) is 8.16. The quantitative estimate of drug-likeness (QED) is 0.445. The molecular weight excluding hydrogens is 468 g/mol. The van der Waals surface area contributed by atoms with Gasteiger partial charge in [-0.05, 0) is 73.3 Å². The Bertz CT molecular complexity index is 923. The molecule has 3 nitrogen and oxygen atoms in total. The summed E-state index contributed by atoms with van der Waals surface area (Å²) in [7, 11) is 0. The van der Waals surface area contributed by atoms with Gasteiger partial charge in [-0.1, -0.05) is 30.3 Å². The number of fused-ring (bicyclic) bond motifs is 1. The van der Waals surface area contributed by atoms with Crippen molar-refractivity contribution in [2.24, 2.45) is 0 Å². The first-order valence-electron chi connectivity index (χ1n) is 7.45. The standard InChI is InChI=1S/C19H12Br2O3S/c20-14-9-11(5-7-16(14)22)19(12-6-8-17(23)15(21)10-12)13-3-1-2-4-18(13)25-24-19/h1-10,22-23H. The van der Waals surface area contributed by atoms with Crippen LogP contribution in [0.3, 0.4) is 0 Å². The molecule has 6 heteroatoms. The third-order valence-electron chi connectivity index (χ3n) is 4.23. The normalized spacial score (nSPS) is 15.1. The lowest BCUT2D eigenvalue weighted by Gasteiger charge is -2.30. The van der Waals surface area contributed by atoms with E-state index < -0.39 is 5.60 Å². The van der Waals surface area contributed by atoms with Gasteiger partial charge < -0.3 is 10.2 Å². The monoisotopic (exact) mass is 478 g/mol. The number of hydrogen-bond donors (Lipinski definition) is 2. The van der Waals surface area contributed by atoms with Crippen LogP contribution in [-0.4, -0.2) is 10.2 Å². The van der Waals surface area contributed by atoms with Gasteiger partial charge in [0.05, 0.1) is 8.95 Å². The maximum atomic E-state index is 9.88. The summed E-state index contributed by atoms with van der Waals surface area (Å²) in [6.45, 7) is 0. The molecule has 1 aliphatic rings. The van der Waals surface area contributed by atoms with E-state index in [9.17, 15) is 10.2 Å². The molecule has 4 rings (SSSR count). The Morgan fingerprint density at radius 3 is 1.92 bits per heavy atom. The average molecular weight is 480 g/mol. The minimum atomic E-state index is -0.840. The van der Waals surface area contributed by atoms with Crippen molar-refractivity contribution in [3.05, 3.63) is 86.3 Å². The molecule has 2 N–H and O–H groups in total. The lowest BCUT2D eigenvalue weighted by atomic mass is 9.80. The lowest BCUT2D eigenvalue weighted by Crippen LogP contribution is -2.28. The first kappa shape index (κ1) is 17.0. The fraction of sp³-hybridized carbons (Fsp3) is 0.0526. The van der Waals surface area contributed by atoms with Crippen LogP contribution in [0.2, 0.25) is 0 Å². The number of rotatable bonds is 2. The predicted molar refractivity (Wildman–Crippen MR) is 105 cm³/mol. The second-order valence-electron chi connectivity index (χ2n) is 5.68. The van der Waals surface area contributed by atoms with Crippen LogP contribution in [0.25, 0.3) is 0 Å². The van der Waals surface area contributed by atoms with Crippen LogP contribution in [0.15, 0.2) is 74.5 Å². The van der Waals surface area contributed by atoms with E-state index in [2.05, 4.69) is 31.9 Å². The highest BCUT2D eigenvalue weighted by Gasteiger charge is 2.45. The zero-order chi connectivity index (χ0) is 17.6. The smallest absolute Gasteiger partial charge is 0.160 e. The number of benzene rings is 3. The van der Waals surface area contributed by atoms with Crippen molar-refractivity contribution in [1.29, 1.82) is 0 Å². The van der Waals surface area contributed by atoms with Crippen LogP contribution >= 0.6 is 43.9 Å². The van der Waals surface area contributed by atoms with E-state index in [0.717, 1.165) is 21.6 Å². The van der Waals surface area contributed by atoms with Crippen LogP contribution in [0, 0.1) is 0 Å². The van der Waals surface area contributed by atoms with E-state index in [4.69, 9.17) is 4.18 Å². The van der Waals surface area contributed by atoms with Crippen molar-refractivity contribution in [2.45, 2.75) is 10.5 Å². The van der Waals surface area contributed by atoms with Crippen molar-refractivity contribution >= 4 is 43.9 Å². The fourth-order valence-corrected chi connectivity index (χ4v) is 4.70. The Morgan fingerprint density at radius 1 is 0.800 bits per heavy atom. The van der Waals surface area contributed by atoms with Gasteiger partial charge in [-0.2, -0.15) is 0 Å². The molecule has 0 aromatic heterocycles. The molecule has 0 spiro atoms. The number of aromatic hydroxyl groups is 2. The maximum absolute atomic E-state index is 9.88. The summed E-state index contributed by atoms with van der Waals surface area (Å²) in [4.78, 5) is 1.04. The number of hydrogen-bond acceptors (Lipinski definition) is 4. The van der Waals surface area contributed by atoms with Crippen molar-refractivity contribution in [3.63, 3.8) is 0 Å². The number of phenols is 2. The third-order valence-corrected chi connectivity index (χ3v) is 6.37. The predicted octanol–water partition coefficient (Wildman–Crippen LogP) is 5.95. The van der Waals surface area contributed by atoms with Crippen molar-refractivity contribution < 1.29 is 14.4 Å². The Balaban J connectivity index is 2.02. The SMILES string of the molecule is Oc1ccc(C2(c3ccc(O)c(Br)c3)OSc3ccccc32)cc1Br. The molecule has 0 amide bonds. The molecule has 0 fully saturated rings. The van der Waals surface area contributed by atoms with E-state index in [1.165, 1.54) is 12.0 Å². The van der Waals surface area contributed by atoms with Crippen molar-refractivity contribution in [1.82, 2.24) is 0 Å². The minimum absolute atomic E-state index is 0.171. The van der Waals surface area contributed by atoms with E-state index in [1.807, 2.05) is 48.5 Å². The van der Waals surface area contributed by atoms with Crippen LogP contribution < -0.4 is 0 Å². The van der Waals surface area contributed by atoms with Crippen molar-refractivity contribution in [2.75, 3.05) is 0 Å². The van der Waals surface area contributed by atoms with Crippen LogP contribution in [0.1, 0.15) is 16.7 Å². The molecule has 0 bridgehead atoms. The molecule has 1 aliphatic heterocycles. The molecule has 0 aliphatic carbocycles. The molecule has 0 atom stereocenters. The van der Waals surface area contributed by atoms with Crippen molar-refractivity contribution in [3.8, 4) is 11.5 Å². The van der Waals surface area contributed by atoms with Gasteiger partial charge in [-0.15, -0.1) is 0 Å². The van der Waals surface area contributed by atoms with Crippen LogP contribution in [0.4, 0.5) is 0 Å². The fourth-order valence-electron chi connectivity index (χ4n) is 3.01. The van der Waals surface area contributed by atoms with Crippen LogP contribution in [-0.2, 0) is 9.78 Å². The van der Waals surface area contributed by atoms with Gasteiger partial charge in [0, 0.05) is 22.5 Å². The Kier molecular flexibility index (Phi) is 4.32. The van der Waals surface area contributed by atoms with Crippen LogP contribution in [0.5, 0.6) is 11.5 Å². The molecule has 0 unspecified atom stereocenters. The summed E-state index contributed by atoms with van der Waals surface area (Å²) in [5.74, 6) is 0.342. The van der Waals surface area contributed by atoms with Gasteiger partial charge in [-0.3, -0.25) is 4.18 Å². The van der Waals surface area contributed by atoms with E-state index in [0.29, 0.717) is 8.95 Å². The lowest BCUT2D eigenvalue weighted by molar-refractivity contribution is 0.204. The zero-order valence-electron chi connectivity index (χ0n) is 12.7. The van der Waals surface area contributed by atoms with E-state index in [-0.39, 0.29) is 11.5 Å². The second kappa shape index (κ2) is 6.36. The Hall–Kier alpha value is -1.47. The number of phenolic OH excluding ortho intramolecular Hbond substituents is 2. The molecule has 0 saturated heterocycles. The van der Waals surface area contributed by atoms with Gasteiger partial charge >= 0.3 is 0 Å². The Labute approximate surface area is 166 Å². The molecule has 25 heavy (non-hydrogen) atoms. The minimum Gasteiger partial charge on any atom is -0.507 e.